The van der Waals surface area contributed by atoms with Crippen molar-refractivity contribution in [3.05, 3.63) is 22.7 Å². The van der Waals surface area contributed by atoms with Crippen LogP contribution >= 0.6 is 0 Å². The topological polar surface area (TPSA) is 99.6 Å². The van der Waals surface area contributed by atoms with Gasteiger partial charge in [0.15, 0.2) is 6.23 Å². The van der Waals surface area contributed by atoms with Crippen molar-refractivity contribution in [3.8, 4) is 0 Å². The van der Waals surface area contributed by atoms with Crippen LogP contribution in [0.15, 0.2) is 17.1 Å². The molecule has 1 aliphatic carbocycles. The van der Waals surface area contributed by atoms with Gasteiger partial charge in [-0.05, 0) is 6.07 Å². The normalized spacial score (nSPS) is 39.1. The Morgan fingerprint density at radius 3 is 2.94 bits per heavy atom. The number of nitrogen functional groups attached to an aromatic ring is 1. The van der Waals surface area contributed by atoms with Crippen molar-refractivity contribution in [2.45, 2.75) is 24.5 Å². The van der Waals surface area contributed by atoms with Gasteiger partial charge in [0.2, 0.25) is 0 Å². The number of hydrogen-bond acceptors (Lipinski definition) is 6. The molecule has 1 saturated carbocycles. The Hall–Kier alpha value is -1.44. The van der Waals surface area contributed by atoms with E-state index < -0.39 is 18.0 Å². The van der Waals surface area contributed by atoms with Gasteiger partial charge in [-0.1, -0.05) is 0 Å². The average molecular weight is 239 g/mol. The Balaban J connectivity index is 1.86. The summed E-state index contributed by atoms with van der Waals surface area (Å²) < 4.78 is 11.9. The van der Waals surface area contributed by atoms with E-state index in [1.54, 1.807) is 7.11 Å². The van der Waals surface area contributed by atoms with Gasteiger partial charge in [-0.25, -0.2) is 4.79 Å². The summed E-state index contributed by atoms with van der Waals surface area (Å²) in [6.45, 7) is 0. The molecule has 0 aromatic carbocycles. The number of aliphatic hydroxyl groups excluding tert-OH is 1. The van der Waals surface area contributed by atoms with E-state index in [0.717, 1.165) is 0 Å². The van der Waals surface area contributed by atoms with Crippen LogP contribution in [0.2, 0.25) is 0 Å². The molecule has 0 radical (unpaired) electrons. The first-order valence-corrected chi connectivity index (χ1v) is 5.34. The molecule has 2 aliphatic rings. The second-order valence-electron chi connectivity index (χ2n) is 4.30. The molecule has 5 atom stereocenters. The van der Waals surface area contributed by atoms with Crippen molar-refractivity contribution in [2.75, 3.05) is 12.8 Å². The van der Waals surface area contributed by atoms with E-state index in [-0.39, 0.29) is 23.9 Å². The maximum Gasteiger partial charge on any atom is 0.351 e. The highest BCUT2D eigenvalue weighted by Crippen LogP contribution is 2.50. The monoisotopic (exact) mass is 239 g/mol. The fraction of sp³-hybridized carbons (Fsp3) is 0.600. The molecule has 1 aromatic heterocycles. The van der Waals surface area contributed by atoms with Crippen molar-refractivity contribution >= 4 is 5.82 Å². The number of hydrogen-bond donors (Lipinski definition) is 2. The van der Waals surface area contributed by atoms with Crippen molar-refractivity contribution in [1.29, 1.82) is 0 Å². The predicted molar refractivity (Wildman–Crippen MR) is 57.1 cm³/mol. The van der Waals surface area contributed by atoms with Crippen LogP contribution < -0.4 is 11.4 Å². The Morgan fingerprint density at radius 2 is 2.41 bits per heavy atom. The van der Waals surface area contributed by atoms with Gasteiger partial charge in [0, 0.05) is 19.2 Å². The van der Waals surface area contributed by atoms with E-state index in [1.165, 1.54) is 16.8 Å². The first-order valence-electron chi connectivity index (χ1n) is 5.34. The van der Waals surface area contributed by atoms with Crippen LogP contribution in [-0.4, -0.2) is 40.1 Å². The number of fused-ring (bicyclic) bond motifs is 1. The molecule has 7 heteroatoms. The molecular weight excluding hydrogens is 226 g/mol. The second-order valence-corrected chi connectivity index (χ2v) is 4.30. The zero-order valence-electron chi connectivity index (χ0n) is 9.19. The molecule has 0 bridgehead atoms. The van der Waals surface area contributed by atoms with E-state index in [4.69, 9.17) is 15.2 Å². The van der Waals surface area contributed by atoms with Gasteiger partial charge in [0.25, 0.3) is 0 Å². The van der Waals surface area contributed by atoms with Gasteiger partial charge in [-0.15, -0.1) is 0 Å². The number of aromatic nitrogens is 2. The van der Waals surface area contributed by atoms with E-state index >= 15 is 0 Å². The van der Waals surface area contributed by atoms with Gasteiger partial charge in [0.05, 0.1) is 12.2 Å². The molecule has 2 heterocycles. The first-order chi connectivity index (χ1) is 8.13. The zero-order valence-corrected chi connectivity index (χ0v) is 9.19. The molecular formula is C10H13N3O4. The smallest absolute Gasteiger partial charge is 0.351 e. The lowest BCUT2D eigenvalue weighted by Gasteiger charge is -2.21. The fourth-order valence-corrected chi connectivity index (χ4v) is 2.41. The minimum absolute atomic E-state index is 0.0607. The summed E-state index contributed by atoms with van der Waals surface area (Å²) in [4.78, 5) is 15.2. The number of methoxy groups -OCH3 is 1. The highest BCUT2D eigenvalue weighted by Gasteiger charge is 2.65. The third-order valence-electron chi connectivity index (χ3n) is 3.32. The highest BCUT2D eigenvalue weighted by molar-refractivity contribution is 5.24. The second kappa shape index (κ2) is 3.52. The zero-order chi connectivity index (χ0) is 12.2. The van der Waals surface area contributed by atoms with Crippen molar-refractivity contribution in [2.24, 2.45) is 5.92 Å². The van der Waals surface area contributed by atoms with E-state index in [2.05, 4.69) is 4.98 Å². The molecule has 5 unspecified atom stereocenters. The summed E-state index contributed by atoms with van der Waals surface area (Å²) in [7, 11) is 1.57. The van der Waals surface area contributed by atoms with E-state index in [9.17, 15) is 9.90 Å². The molecule has 92 valence electrons. The summed E-state index contributed by atoms with van der Waals surface area (Å²) >= 11 is 0. The number of anilines is 1. The molecule has 1 aliphatic heterocycles. The van der Waals surface area contributed by atoms with Crippen molar-refractivity contribution < 1.29 is 14.6 Å². The Kier molecular flexibility index (Phi) is 2.22. The quantitative estimate of drug-likeness (QED) is 0.667. The minimum Gasteiger partial charge on any atom is -0.388 e. The van der Waals surface area contributed by atoms with Crippen LogP contribution in [0.1, 0.15) is 6.23 Å². The minimum atomic E-state index is -0.756. The summed E-state index contributed by atoms with van der Waals surface area (Å²) in [5.74, 6) is 0.0908. The fourth-order valence-electron chi connectivity index (χ4n) is 2.41. The van der Waals surface area contributed by atoms with Gasteiger partial charge in [0.1, 0.15) is 11.9 Å². The lowest BCUT2D eigenvalue weighted by Crippen LogP contribution is -2.35. The van der Waals surface area contributed by atoms with Crippen LogP contribution in [0.25, 0.3) is 0 Å². The first kappa shape index (κ1) is 10.7. The number of nitrogens with two attached hydrogens (primary N) is 1. The predicted octanol–water partition coefficient (Wildman–Crippen LogP) is -1.27. The molecule has 0 spiro atoms. The van der Waals surface area contributed by atoms with Crippen molar-refractivity contribution in [3.63, 3.8) is 0 Å². The average Bonchev–Trinajstić information content (AvgIpc) is 2.89. The standard InChI is InChI=1S/C10H13N3O4/c1-16-7-5-6(14)9(17-8(5)7)13-3-2-4(11)12-10(13)15/h2-3,5-9,14H,1H3,(H2,11,12,15). The summed E-state index contributed by atoms with van der Waals surface area (Å²) in [5, 5.41) is 10.0. The third-order valence-corrected chi connectivity index (χ3v) is 3.32. The van der Waals surface area contributed by atoms with E-state index in [1.807, 2.05) is 0 Å². The molecule has 0 amide bonds. The van der Waals surface area contributed by atoms with E-state index in [0.29, 0.717) is 0 Å². The van der Waals surface area contributed by atoms with Crippen LogP contribution in [0, 0.1) is 5.92 Å². The number of nitrogens with zero attached hydrogens (tertiary/aromatic N) is 2. The molecule has 1 aromatic rings. The molecule has 1 saturated heterocycles. The molecule has 3 rings (SSSR count). The molecule has 2 fully saturated rings. The Morgan fingerprint density at radius 1 is 1.65 bits per heavy atom. The number of ether oxygens (including phenoxy) is 2. The number of aliphatic hydroxyl groups is 1. The molecule has 3 N–H and O–H groups in total. The SMILES string of the molecule is COC1C2OC(n3ccc(N)nc3=O)C(O)C12. The molecule has 7 nitrogen and oxygen atoms in total. The third kappa shape index (κ3) is 1.47. The maximum atomic E-state index is 11.6. The van der Waals surface area contributed by atoms with Crippen molar-refractivity contribution in [1.82, 2.24) is 9.55 Å². The Labute approximate surface area is 96.8 Å². The summed E-state index contributed by atoms with van der Waals surface area (Å²) in [6, 6.07) is 1.50. The van der Waals surface area contributed by atoms with Crippen LogP contribution in [-0.2, 0) is 9.47 Å². The van der Waals surface area contributed by atoms with Crippen LogP contribution in [0.5, 0.6) is 0 Å². The summed E-state index contributed by atoms with van der Waals surface area (Å²) in [5.41, 5.74) is 4.87. The van der Waals surface area contributed by atoms with Crippen LogP contribution in [0.3, 0.4) is 0 Å². The van der Waals surface area contributed by atoms with Crippen LogP contribution in [0.4, 0.5) is 5.82 Å². The molecule has 17 heavy (non-hydrogen) atoms. The lowest BCUT2D eigenvalue weighted by molar-refractivity contribution is -0.0773. The highest BCUT2D eigenvalue weighted by atomic mass is 16.6. The van der Waals surface area contributed by atoms with Gasteiger partial charge < -0.3 is 20.3 Å². The van der Waals surface area contributed by atoms with Gasteiger partial charge >= 0.3 is 5.69 Å². The van der Waals surface area contributed by atoms with Gasteiger partial charge in [-0.3, -0.25) is 4.57 Å². The Bertz CT molecular complexity index is 503. The number of rotatable bonds is 2. The van der Waals surface area contributed by atoms with Gasteiger partial charge in [-0.2, -0.15) is 4.98 Å². The lowest BCUT2D eigenvalue weighted by atomic mass is 10.2. The largest absolute Gasteiger partial charge is 0.388 e. The maximum absolute atomic E-state index is 11.6. The summed E-state index contributed by atoms with van der Waals surface area (Å²) in [6.07, 6.45) is -0.182.